The standard InChI is InChI=1S/C43H29N3/c1-43(2)38-22-26(42-44-20-9-21-45-42)16-18-33(38)36-24-37-34-14-7-8-15-40(34)46(41(37)25-39(36)43)27-17-19-32-30-12-4-3-10-28(30)29-11-5-6-13-31(29)35(32)23-27/h3-25H,1-2H3. The van der Waals surface area contributed by atoms with E-state index in [2.05, 4.69) is 150 Å². The number of hydrogen-bond donors (Lipinski definition) is 0. The minimum atomic E-state index is -0.177. The molecule has 0 atom stereocenters. The zero-order valence-electron chi connectivity index (χ0n) is 25.6. The SMILES string of the molecule is CC1(C)c2cc(-c3ncccn3)ccc2-c2cc3c4ccccc4n(-c4ccc5c6ccccc6c6ccccc6c5c4)c3cc21. The minimum absolute atomic E-state index is 0.177. The Hall–Kier alpha value is -5.80. The number of aromatic nitrogens is 3. The van der Waals surface area contributed by atoms with Crippen molar-refractivity contribution < 1.29 is 0 Å². The van der Waals surface area contributed by atoms with Gasteiger partial charge < -0.3 is 4.57 Å². The molecule has 0 spiro atoms. The zero-order chi connectivity index (χ0) is 30.6. The van der Waals surface area contributed by atoms with Gasteiger partial charge in [0.2, 0.25) is 0 Å². The molecule has 1 aliphatic carbocycles. The lowest BCUT2D eigenvalue weighted by molar-refractivity contribution is 0.661. The van der Waals surface area contributed by atoms with Crippen molar-refractivity contribution in [1.29, 1.82) is 0 Å². The van der Waals surface area contributed by atoms with Gasteiger partial charge in [-0.3, -0.25) is 0 Å². The van der Waals surface area contributed by atoms with Gasteiger partial charge in [0.25, 0.3) is 0 Å². The van der Waals surface area contributed by atoms with Crippen molar-refractivity contribution in [1.82, 2.24) is 14.5 Å². The summed E-state index contributed by atoms with van der Waals surface area (Å²) in [5.74, 6) is 0.760. The molecule has 0 amide bonds. The summed E-state index contributed by atoms with van der Waals surface area (Å²) in [6.45, 7) is 4.69. The van der Waals surface area contributed by atoms with Crippen LogP contribution in [0.15, 0.2) is 140 Å². The Kier molecular flexibility index (Phi) is 5.06. The van der Waals surface area contributed by atoms with Crippen molar-refractivity contribution in [2.24, 2.45) is 0 Å². The maximum atomic E-state index is 4.53. The predicted octanol–water partition coefficient (Wildman–Crippen LogP) is 11.0. The van der Waals surface area contributed by atoms with Crippen LogP contribution >= 0.6 is 0 Å². The summed E-state index contributed by atoms with van der Waals surface area (Å²) in [5.41, 5.74) is 9.78. The monoisotopic (exact) mass is 587 g/mol. The highest BCUT2D eigenvalue weighted by molar-refractivity contribution is 6.25. The number of para-hydroxylation sites is 1. The average molecular weight is 588 g/mol. The second-order valence-corrected chi connectivity index (χ2v) is 13.0. The summed E-state index contributed by atoms with van der Waals surface area (Å²) >= 11 is 0. The lowest BCUT2D eigenvalue weighted by Crippen LogP contribution is -2.15. The Morgan fingerprint density at radius 3 is 1.78 bits per heavy atom. The molecular formula is C43H29N3. The van der Waals surface area contributed by atoms with Gasteiger partial charge in [-0.15, -0.1) is 0 Å². The lowest BCUT2D eigenvalue weighted by Gasteiger charge is -2.22. The third-order valence-electron chi connectivity index (χ3n) is 10.3. The van der Waals surface area contributed by atoms with Crippen LogP contribution in [0, 0.1) is 0 Å². The van der Waals surface area contributed by atoms with Crippen LogP contribution < -0.4 is 0 Å². The van der Waals surface area contributed by atoms with E-state index in [9.17, 15) is 0 Å². The second-order valence-electron chi connectivity index (χ2n) is 13.0. The molecule has 0 bridgehead atoms. The van der Waals surface area contributed by atoms with E-state index in [1.54, 1.807) is 0 Å². The van der Waals surface area contributed by atoms with E-state index < -0.39 is 0 Å². The normalized spacial score (nSPS) is 13.6. The predicted molar refractivity (Wildman–Crippen MR) is 192 cm³/mol. The van der Waals surface area contributed by atoms with E-state index in [0.29, 0.717) is 0 Å². The van der Waals surface area contributed by atoms with Crippen molar-refractivity contribution in [2.45, 2.75) is 19.3 Å². The first kappa shape index (κ1) is 25.5. The van der Waals surface area contributed by atoms with Crippen molar-refractivity contribution >= 4 is 54.1 Å². The maximum absolute atomic E-state index is 4.53. The molecule has 2 heterocycles. The van der Waals surface area contributed by atoms with Crippen molar-refractivity contribution in [3.63, 3.8) is 0 Å². The molecule has 216 valence electrons. The van der Waals surface area contributed by atoms with E-state index in [4.69, 9.17) is 0 Å². The summed E-state index contributed by atoms with van der Waals surface area (Å²) < 4.78 is 2.47. The highest BCUT2D eigenvalue weighted by atomic mass is 15.0. The van der Waals surface area contributed by atoms with Crippen molar-refractivity contribution in [3.05, 3.63) is 151 Å². The van der Waals surface area contributed by atoms with Crippen LogP contribution in [-0.2, 0) is 5.41 Å². The molecule has 0 fully saturated rings. The molecule has 3 heteroatoms. The highest BCUT2D eigenvalue weighted by Gasteiger charge is 2.37. The molecule has 0 radical (unpaired) electrons. The Morgan fingerprint density at radius 2 is 1.07 bits per heavy atom. The van der Waals surface area contributed by atoms with E-state index in [1.807, 2.05) is 18.5 Å². The molecule has 46 heavy (non-hydrogen) atoms. The summed E-state index contributed by atoms with van der Waals surface area (Å²) in [4.78, 5) is 9.06. The highest BCUT2D eigenvalue weighted by Crippen LogP contribution is 2.52. The molecule has 0 N–H and O–H groups in total. The summed E-state index contributed by atoms with van der Waals surface area (Å²) in [7, 11) is 0. The van der Waals surface area contributed by atoms with E-state index >= 15 is 0 Å². The molecule has 10 rings (SSSR count). The van der Waals surface area contributed by atoms with Gasteiger partial charge in [0.15, 0.2) is 5.82 Å². The largest absolute Gasteiger partial charge is 0.309 e. The number of rotatable bonds is 2. The lowest BCUT2D eigenvalue weighted by atomic mass is 9.81. The van der Waals surface area contributed by atoms with E-state index in [-0.39, 0.29) is 5.41 Å². The maximum Gasteiger partial charge on any atom is 0.159 e. The first-order chi connectivity index (χ1) is 22.6. The van der Waals surface area contributed by atoms with Crippen LogP contribution in [0.25, 0.3) is 82.3 Å². The number of nitrogens with zero attached hydrogens (tertiary/aromatic N) is 3. The van der Waals surface area contributed by atoms with Gasteiger partial charge in [-0.2, -0.15) is 0 Å². The topological polar surface area (TPSA) is 30.7 Å². The molecule has 2 aromatic heterocycles. The van der Waals surface area contributed by atoms with Crippen LogP contribution in [-0.4, -0.2) is 14.5 Å². The first-order valence-electron chi connectivity index (χ1n) is 15.9. The van der Waals surface area contributed by atoms with Gasteiger partial charge in [-0.05, 0) is 97.0 Å². The summed E-state index contributed by atoms with van der Waals surface area (Å²) in [6, 6.07) is 46.9. The molecular weight excluding hydrogens is 558 g/mol. The van der Waals surface area contributed by atoms with Crippen LogP contribution in [0.4, 0.5) is 0 Å². The second kappa shape index (κ2) is 9.12. The minimum Gasteiger partial charge on any atom is -0.309 e. The van der Waals surface area contributed by atoms with Crippen molar-refractivity contribution in [2.75, 3.05) is 0 Å². The van der Waals surface area contributed by atoms with E-state index in [1.165, 1.54) is 82.1 Å². The number of benzene rings is 7. The van der Waals surface area contributed by atoms with Crippen LogP contribution in [0.2, 0.25) is 0 Å². The van der Waals surface area contributed by atoms with Gasteiger partial charge in [0, 0.05) is 39.8 Å². The van der Waals surface area contributed by atoms with Crippen LogP contribution in [0.3, 0.4) is 0 Å². The van der Waals surface area contributed by atoms with Gasteiger partial charge in [-0.25, -0.2) is 9.97 Å². The molecule has 0 aliphatic heterocycles. The Morgan fingerprint density at radius 1 is 0.457 bits per heavy atom. The van der Waals surface area contributed by atoms with E-state index in [0.717, 1.165) is 11.4 Å². The van der Waals surface area contributed by atoms with Crippen molar-refractivity contribution in [3.8, 4) is 28.2 Å². The molecule has 0 unspecified atom stereocenters. The third-order valence-corrected chi connectivity index (χ3v) is 10.3. The zero-order valence-corrected chi connectivity index (χ0v) is 25.6. The quantitative estimate of drug-likeness (QED) is 0.188. The third kappa shape index (κ3) is 3.37. The first-order valence-corrected chi connectivity index (χ1v) is 15.9. The van der Waals surface area contributed by atoms with Gasteiger partial charge in [0.1, 0.15) is 0 Å². The molecule has 3 nitrogen and oxygen atoms in total. The Balaban J connectivity index is 1.25. The Bertz CT molecular complexity index is 2680. The number of fused-ring (bicyclic) bond motifs is 12. The van der Waals surface area contributed by atoms with Crippen LogP contribution in [0.5, 0.6) is 0 Å². The van der Waals surface area contributed by atoms with Gasteiger partial charge in [-0.1, -0.05) is 98.8 Å². The fourth-order valence-corrected chi connectivity index (χ4v) is 8.10. The average Bonchev–Trinajstić information content (AvgIpc) is 3.55. The molecule has 1 aliphatic rings. The Labute approximate surface area is 266 Å². The van der Waals surface area contributed by atoms with Gasteiger partial charge >= 0.3 is 0 Å². The molecule has 0 saturated carbocycles. The number of hydrogen-bond acceptors (Lipinski definition) is 2. The molecule has 7 aromatic carbocycles. The fraction of sp³-hybridized carbons (Fsp3) is 0.0698. The molecule has 9 aromatic rings. The smallest absolute Gasteiger partial charge is 0.159 e. The van der Waals surface area contributed by atoms with Gasteiger partial charge in [0.05, 0.1) is 11.0 Å². The fourth-order valence-electron chi connectivity index (χ4n) is 8.10. The summed E-state index contributed by atoms with van der Waals surface area (Å²) in [5, 5.41) is 10.3. The summed E-state index contributed by atoms with van der Waals surface area (Å²) in [6.07, 6.45) is 3.62. The van der Waals surface area contributed by atoms with Crippen LogP contribution in [0.1, 0.15) is 25.0 Å². The molecule has 0 saturated heterocycles.